The number of nitrogens with zero attached hydrogens (tertiary/aromatic N) is 2. The summed E-state index contributed by atoms with van der Waals surface area (Å²) in [5.74, 6) is -2.18. The third-order valence-corrected chi connectivity index (χ3v) is 1.57. The van der Waals surface area contributed by atoms with Gasteiger partial charge in [-0.05, 0) is 12.8 Å². The number of carboxylic acid groups (broad SMARTS) is 1. The first-order chi connectivity index (χ1) is 6.63. The van der Waals surface area contributed by atoms with Crippen LogP contribution in [0.1, 0.15) is 19.3 Å². The maximum Gasteiger partial charge on any atom is 0.441 e. The molecular weight excluding hydrogens is 188 g/mol. The molecule has 0 rings (SSSR count). The zero-order chi connectivity index (χ0) is 11.0. The van der Waals surface area contributed by atoms with Crippen LogP contribution >= 0.6 is 0 Å². The second-order valence-corrected chi connectivity index (χ2v) is 2.63. The quantitative estimate of drug-likeness (QED) is 0.207. The fourth-order valence-corrected chi connectivity index (χ4v) is 0.868. The highest BCUT2D eigenvalue weighted by Crippen LogP contribution is 1.97. The fraction of sp³-hybridized carbons (Fsp3) is 0.625. The Balaban J connectivity index is 3.96. The number of ketones is 1. The molecule has 0 aromatic carbocycles. The van der Waals surface area contributed by atoms with Crippen molar-refractivity contribution in [1.82, 2.24) is 0 Å². The number of carbonyl (C=O) groups excluding carboxylic acids is 1. The van der Waals surface area contributed by atoms with Crippen LogP contribution in [0.15, 0.2) is 0 Å². The molecule has 0 heterocycles. The Bertz CT molecular complexity index is 269. The van der Waals surface area contributed by atoms with Gasteiger partial charge >= 0.3 is 11.7 Å². The number of unbranched alkanes of at least 4 members (excludes halogenated alkanes) is 1. The van der Waals surface area contributed by atoms with E-state index in [0.717, 1.165) is 0 Å². The van der Waals surface area contributed by atoms with Crippen molar-refractivity contribution < 1.29 is 24.2 Å². The number of ether oxygens (including phenoxy) is 1. The predicted molar refractivity (Wildman–Crippen MR) is 47.0 cm³/mol. The highest BCUT2D eigenvalue weighted by molar-refractivity contribution is 6.61. The minimum atomic E-state index is -1.51. The van der Waals surface area contributed by atoms with Crippen molar-refractivity contribution in [1.29, 1.82) is 0 Å². The van der Waals surface area contributed by atoms with Crippen LogP contribution in [-0.2, 0) is 14.3 Å². The first kappa shape index (κ1) is 12.5. The van der Waals surface area contributed by atoms with Gasteiger partial charge in [0, 0.05) is 20.1 Å². The fourth-order valence-electron chi connectivity index (χ4n) is 0.868. The van der Waals surface area contributed by atoms with E-state index in [4.69, 9.17) is 15.4 Å². The zero-order valence-electron chi connectivity index (χ0n) is 7.89. The molecule has 0 bridgehead atoms. The topological polar surface area (TPSA) is 100 Å². The Morgan fingerprint density at radius 2 is 2.07 bits per heavy atom. The van der Waals surface area contributed by atoms with E-state index in [1.165, 1.54) is 0 Å². The lowest BCUT2D eigenvalue weighted by Gasteiger charge is -1.95. The zero-order valence-corrected chi connectivity index (χ0v) is 7.89. The molecule has 0 aliphatic heterocycles. The van der Waals surface area contributed by atoms with E-state index in [1.807, 2.05) is 0 Å². The smallest absolute Gasteiger partial charge is 0.441 e. The van der Waals surface area contributed by atoms with Gasteiger partial charge in [-0.15, -0.1) is 0 Å². The summed E-state index contributed by atoms with van der Waals surface area (Å²) >= 11 is 0. The molecule has 0 saturated carbocycles. The van der Waals surface area contributed by atoms with Crippen LogP contribution in [0.5, 0.6) is 0 Å². The number of methoxy groups -OCH3 is 1. The van der Waals surface area contributed by atoms with Crippen LogP contribution in [0.2, 0.25) is 0 Å². The second kappa shape index (κ2) is 6.94. The molecule has 1 N–H and O–H groups in total. The van der Waals surface area contributed by atoms with E-state index in [-0.39, 0.29) is 6.42 Å². The van der Waals surface area contributed by atoms with E-state index in [2.05, 4.69) is 4.79 Å². The number of rotatable bonds is 7. The number of aliphatic carboxylic acids is 1. The number of hydrogen-bond donors (Lipinski definition) is 1. The van der Waals surface area contributed by atoms with Gasteiger partial charge in [-0.3, -0.25) is 4.79 Å². The van der Waals surface area contributed by atoms with Crippen molar-refractivity contribution in [2.45, 2.75) is 19.3 Å². The van der Waals surface area contributed by atoms with Crippen LogP contribution in [0, 0.1) is 0 Å². The van der Waals surface area contributed by atoms with E-state index < -0.39 is 17.5 Å². The molecule has 0 aliphatic carbocycles. The summed E-state index contributed by atoms with van der Waals surface area (Å²) in [6.07, 6.45) is 1.23. The van der Waals surface area contributed by atoms with Crippen LogP contribution in [-0.4, -0.2) is 41.1 Å². The van der Waals surface area contributed by atoms with Crippen LogP contribution in [0.25, 0.3) is 5.53 Å². The van der Waals surface area contributed by atoms with Gasteiger partial charge in [-0.1, -0.05) is 0 Å². The number of hydrogen-bond acceptors (Lipinski definition) is 3. The molecule has 0 aromatic heterocycles. The van der Waals surface area contributed by atoms with Crippen molar-refractivity contribution in [3.63, 3.8) is 0 Å². The third-order valence-electron chi connectivity index (χ3n) is 1.57. The Labute approximate surface area is 81.1 Å². The Morgan fingerprint density at radius 3 is 2.50 bits per heavy atom. The normalized spacial score (nSPS) is 9.21. The Morgan fingerprint density at radius 1 is 1.43 bits per heavy atom. The van der Waals surface area contributed by atoms with Gasteiger partial charge < -0.3 is 15.4 Å². The number of carbonyl (C=O) groups is 2. The van der Waals surface area contributed by atoms with Crippen molar-refractivity contribution in [3.8, 4) is 0 Å². The minimum absolute atomic E-state index is 0.0506. The third kappa shape index (κ3) is 4.49. The summed E-state index contributed by atoms with van der Waals surface area (Å²) in [6.45, 7) is 0.520. The molecule has 0 unspecified atom stereocenters. The van der Waals surface area contributed by atoms with Gasteiger partial charge in [0.2, 0.25) is 0 Å². The van der Waals surface area contributed by atoms with Gasteiger partial charge in [-0.25, -0.2) is 4.79 Å². The number of carboxylic acids is 1. The lowest BCUT2D eigenvalue weighted by atomic mass is 10.1. The number of Topliss-reactive ketones (excluding diaryl/α,β-unsaturated/α-hetero) is 1. The van der Waals surface area contributed by atoms with Gasteiger partial charge in [0.1, 0.15) is 0 Å². The highest BCUT2D eigenvalue weighted by atomic mass is 16.5. The molecule has 0 aromatic rings. The molecule has 14 heavy (non-hydrogen) atoms. The van der Waals surface area contributed by atoms with Crippen molar-refractivity contribution >= 4 is 17.5 Å². The second-order valence-electron chi connectivity index (χ2n) is 2.63. The van der Waals surface area contributed by atoms with E-state index in [0.29, 0.717) is 19.4 Å². The molecule has 0 radical (unpaired) electrons. The molecule has 0 spiro atoms. The van der Waals surface area contributed by atoms with Gasteiger partial charge in [0.05, 0.1) is 0 Å². The molecule has 0 saturated heterocycles. The largest absolute Gasteiger partial charge is 0.472 e. The lowest BCUT2D eigenvalue weighted by molar-refractivity contribution is -0.136. The summed E-state index contributed by atoms with van der Waals surface area (Å²) in [6, 6.07) is 0. The van der Waals surface area contributed by atoms with E-state index in [1.54, 1.807) is 7.11 Å². The highest BCUT2D eigenvalue weighted by Gasteiger charge is 2.27. The summed E-state index contributed by atoms with van der Waals surface area (Å²) in [4.78, 5) is 23.8. The minimum Gasteiger partial charge on any atom is -0.472 e. The summed E-state index contributed by atoms with van der Waals surface area (Å²) in [5, 5.41) is 8.41. The maximum atomic E-state index is 11.1. The summed E-state index contributed by atoms with van der Waals surface area (Å²) in [5.41, 5.74) is 7.41. The molecule has 6 nitrogen and oxygen atoms in total. The molecule has 0 fully saturated rings. The van der Waals surface area contributed by atoms with Crippen molar-refractivity contribution in [2.24, 2.45) is 0 Å². The first-order valence-corrected chi connectivity index (χ1v) is 4.11. The van der Waals surface area contributed by atoms with Gasteiger partial charge in [0.25, 0.3) is 5.78 Å². The van der Waals surface area contributed by atoms with E-state index in [9.17, 15) is 9.59 Å². The van der Waals surface area contributed by atoms with E-state index >= 15 is 0 Å². The van der Waals surface area contributed by atoms with Crippen molar-refractivity contribution in [3.05, 3.63) is 5.53 Å². The standard InChI is InChI=1S/C8H12N2O4/c1-14-5-3-2-4-6(11)7(10-9)8(12)13/h2-5H2,1H3,(H,12,13). The maximum absolute atomic E-state index is 11.1. The molecule has 0 aliphatic rings. The summed E-state index contributed by atoms with van der Waals surface area (Å²) in [7, 11) is 1.54. The van der Waals surface area contributed by atoms with Crippen LogP contribution in [0.4, 0.5) is 0 Å². The lowest BCUT2D eigenvalue weighted by Crippen LogP contribution is -2.24. The van der Waals surface area contributed by atoms with Crippen molar-refractivity contribution in [2.75, 3.05) is 13.7 Å². The van der Waals surface area contributed by atoms with Crippen LogP contribution < -0.4 is 0 Å². The monoisotopic (exact) mass is 200 g/mol. The average Bonchev–Trinajstić information content (AvgIpc) is 2.13. The molecule has 0 atom stereocenters. The van der Waals surface area contributed by atoms with Gasteiger partial charge in [-0.2, -0.15) is 4.79 Å². The molecule has 0 amide bonds. The molecule has 6 heteroatoms. The molecular formula is C8H12N2O4. The Hall–Kier alpha value is -1.52. The average molecular weight is 200 g/mol. The first-order valence-electron chi connectivity index (χ1n) is 4.11. The van der Waals surface area contributed by atoms with Gasteiger partial charge in [0.15, 0.2) is 0 Å². The Kier molecular flexibility index (Phi) is 6.19. The summed E-state index contributed by atoms with van der Waals surface area (Å²) < 4.78 is 4.75. The molecule has 78 valence electrons. The predicted octanol–water partition coefficient (Wildman–Crippen LogP) is 0.128. The van der Waals surface area contributed by atoms with Crippen LogP contribution in [0.3, 0.4) is 0 Å². The SMILES string of the molecule is COCCCCC(=O)C(=[N+]=[N-])C(=O)O.